The molecule has 4 N–H and O–H groups in total. The lowest BCUT2D eigenvalue weighted by atomic mass is 9.86. The van der Waals surface area contributed by atoms with Crippen LogP contribution in [0.5, 0.6) is 0 Å². The third-order valence-corrected chi connectivity index (χ3v) is 3.52. The van der Waals surface area contributed by atoms with Crippen molar-refractivity contribution in [1.82, 2.24) is 0 Å². The summed E-state index contributed by atoms with van der Waals surface area (Å²) < 4.78 is 13.5. The highest BCUT2D eigenvalue weighted by atomic mass is 19.1. The molecule has 0 fully saturated rings. The van der Waals surface area contributed by atoms with Gasteiger partial charge in [-0.3, -0.25) is 4.79 Å². The van der Waals surface area contributed by atoms with Crippen LogP contribution in [-0.4, -0.2) is 5.78 Å². The van der Waals surface area contributed by atoms with E-state index in [-0.39, 0.29) is 11.5 Å². The molecule has 0 heterocycles. The fourth-order valence-corrected chi connectivity index (χ4v) is 2.42. The molecule has 3 rings (SSSR count). The Kier molecular flexibility index (Phi) is 2.79. The molecule has 2 aromatic rings. The van der Waals surface area contributed by atoms with Crippen LogP contribution in [0.3, 0.4) is 0 Å². The van der Waals surface area contributed by atoms with E-state index in [0.29, 0.717) is 23.2 Å². The number of carbonyl (C=O) groups is 1. The zero-order chi connectivity index (χ0) is 14.3. The smallest absolute Gasteiger partial charge is 0.186 e. The summed E-state index contributed by atoms with van der Waals surface area (Å²) >= 11 is 0. The molecule has 0 atom stereocenters. The SMILES string of the molecule is Nc1ccc(C2=CC(=O)c3cccc(N)c3C2)cc1F. The van der Waals surface area contributed by atoms with Gasteiger partial charge in [0.05, 0.1) is 5.69 Å². The fraction of sp³-hybridized carbons (Fsp3) is 0.0625. The van der Waals surface area contributed by atoms with Crippen LogP contribution in [0.15, 0.2) is 42.5 Å². The zero-order valence-electron chi connectivity index (χ0n) is 10.7. The number of nitrogen functional groups attached to an aromatic ring is 2. The first-order valence-corrected chi connectivity index (χ1v) is 6.24. The van der Waals surface area contributed by atoms with Crippen LogP contribution in [0.25, 0.3) is 5.57 Å². The Morgan fingerprint density at radius 2 is 1.85 bits per heavy atom. The Morgan fingerprint density at radius 1 is 1.05 bits per heavy atom. The first-order valence-electron chi connectivity index (χ1n) is 6.24. The van der Waals surface area contributed by atoms with Crippen LogP contribution in [0.1, 0.15) is 21.5 Å². The third-order valence-electron chi connectivity index (χ3n) is 3.52. The van der Waals surface area contributed by atoms with Crippen LogP contribution >= 0.6 is 0 Å². The van der Waals surface area contributed by atoms with Gasteiger partial charge >= 0.3 is 0 Å². The predicted molar refractivity (Wildman–Crippen MR) is 77.7 cm³/mol. The van der Waals surface area contributed by atoms with Crippen LogP contribution in [0.4, 0.5) is 15.8 Å². The molecule has 0 unspecified atom stereocenters. The van der Waals surface area contributed by atoms with Crippen molar-refractivity contribution >= 4 is 22.7 Å². The Labute approximate surface area is 115 Å². The van der Waals surface area contributed by atoms with Crippen LogP contribution in [-0.2, 0) is 6.42 Å². The van der Waals surface area contributed by atoms with Crippen molar-refractivity contribution in [2.75, 3.05) is 11.5 Å². The zero-order valence-corrected chi connectivity index (χ0v) is 10.7. The minimum atomic E-state index is -0.484. The summed E-state index contributed by atoms with van der Waals surface area (Å²) in [5, 5.41) is 0. The molecule has 20 heavy (non-hydrogen) atoms. The van der Waals surface area contributed by atoms with Gasteiger partial charge in [0.2, 0.25) is 0 Å². The molecular formula is C16H13FN2O. The lowest BCUT2D eigenvalue weighted by Crippen LogP contribution is -2.11. The van der Waals surface area contributed by atoms with Crippen molar-refractivity contribution in [2.45, 2.75) is 6.42 Å². The van der Waals surface area contributed by atoms with E-state index in [1.165, 1.54) is 18.2 Å². The molecule has 1 aliphatic carbocycles. The molecule has 1 aliphatic rings. The van der Waals surface area contributed by atoms with Gasteiger partial charge in [-0.05, 0) is 41.0 Å². The van der Waals surface area contributed by atoms with Gasteiger partial charge in [0.15, 0.2) is 5.78 Å². The third kappa shape index (κ3) is 1.95. The normalized spacial score (nSPS) is 13.8. The van der Waals surface area contributed by atoms with E-state index in [1.807, 2.05) is 0 Å². The Bertz CT molecular complexity index is 750. The van der Waals surface area contributed by atoms with Crippen molar-refractivity contribution in [3.8, 4) is 0 Å². The van der Waals surface area contributed by atoms with Gasteiger partial charge in [0, 0.05) is 17.7 Å². The van der Waals surface area contributed by atoms with E-state index in [2.05, 4.69) is 0 Å². The second-order valence-corrected chi connectivity index (χ2v) is 4.82. The quantitative estimate of drug-likeness (QED) is 0.781. The lowest BCUT2D eigenvalue weighted by Gasteiger charge is -2.18. The lowest BCUT2D eigenvalue weighted by molar-refractivity contribution is 0.104. The predicted octanol–water partition coefficient (Wildman–Crippen LogP) is 2.81. The molecule has 3 nitrogen and oxygen atoms in total. The molecule has 100 valence electrons. The molecule has 0 saturated heterocycles. The average molecular weight is 268 g/mol. The first kappa shape index (κ1) is 12.4. The summed E-state index contributed by atoms with van der Waals surface area (Å²) in [4.78, 5) is 12.1. The summed E-state index contributed by atoms with van der Waals surface area (Å²) in [6.07, 6.45) is 2.05. The van der Waals surface area contributed by atoms with E-state index >= 15 is 0 Å². The van der Waals surface area contributed by atoms with Gasteiger partial charge in [-0.15, -0.1) is 0 Å². The molecule has 0 aliphatic heterocycles. The maximum absolute atomic E-state index is 13.5. The van der Waals surface area contributed by atoms with Crippen molar-refractivity contribution < 1.29 is 9.18 Å². The van der Waals surface area contributed by atoms with Crippen molar-refractivity contribution in [2.24, 2.45) is 0 Å². The van der Waals surface area contributed by atoms with Gasteiger partial charge in [0.25, 0.3) is 0 Å². The van der Waals surface area contributed by atoms with Crippen LogP contribution < -0.4 is 11.5 Å². The molecule has 0 aromatic heterocycles. The summed E-state index contributed by atoms with van der Waals surface area (Å²) in [6, 6.07) is 9.83. The van der Waals surface area contributed by atoms with Crippen LogP contribution in [0.2, 0.25) is 0 Å². The number of rotatable bonds is 1. The monoisotopic (exact) mass is 268 g/mol. The second-order valence-electron chi connectivity index (χ2n) is 4.82. The highest BCUT2D eigenvalue weighted by Crippen LogP contribution is 2.31. The minimum Gasteiger partial charge on any atom is -0.398 e. The molecule has 0 spiro atoms. The summed E-state index contributed by atoms with van der Waals surface area (Å²) in [5.41, 5.74) is 14.9. The van der Waals surface area contributed by atoms with E-state index in [1.54, 1.807) is 24.3 Å². The molecule has 4 heteroatoms. The van der Waals surface area contributed by atoms with Gasteiger partial charge < -0.3 is 11.5 Å². The van der Waals surface area contributed by atoms with Gasteiger partial charge in [-0.2, -0.15) is 0 Å². The summed E-state index contributed by atoms with van der Waals surface area (Å²) in [5.74, 6) is -0.589. The average Bonchev–Trinajstić information content (AvgIpc) is 2.43. The van der Waals surface area contributed by atoms with Gasteiger partial charge in [-0.25, -0.2) is 4.39 Å². The summed E-state index contributed by atoms with van der Waals surface area (Å²) in [6.45, 7) is 0. The Morgan fingerprint density at radius 3 is 2.60 bits per heavy atom. The minimum absolute atomic E-state index is 0.0939. The largest absolute Gasteiger partial charge is 0.398 e. The highest BCUT2D eigenvalue weighted by Gasteiger charge is 2.20. The second kappa shape index (κ2) is 4.49. The van der Waals surface area contributed by atoms with E-state index in [9.17, 15) is 9.18 Å². The van der Waals surface area contributed by atoms with Gasteiger partial charge in [0.1, 0.15) is 5.82 Å². The molecule has 2 aromatic carbocycles. The number of allylic oxidation sites excluding steroid dienone is 2. The first-order chi connectivity index (χ1) is 9.56. The maximum Gasteiger partial charge on any atom is 0.186 e. The Balaban J connectivity index is 2.07. The standard InChI is InChI=1S/C16H13FN2O/c17-13-7-9(4-5-15(13)19)10-6-12-11(16(20)8-10)2-1-3-14(12)18/h1-5,7-8H,6,18-19H2. The number of nitrogens with two attached hydrogens (primary N) is 2. The van der Waals surface area contributed by atoms with E-state index < -0.39 is 5.82 Å². The number of benzene rings is 2. The number of halogens is 1. The number of fused-ring (bicyclic) bond motifs is 1. The van der Waals surface area contributed by atoms with Crippen LogP contribution in [0, 0.1) is 5.82 Å². The molecular weight excluding hydrogens is 255 g/mol. The number of carbonyl (C=O) groups excluding carboxylic acids is 1. The van der Waals surface area contributed by atoms with Gasteiger partial charge in [-0.1, -0.05) is 18.2 Å². The molecule has 0 bridgehead atoms. The number of ketones is 1. The van der Waals surface area contributed by atoms with Crippen molar-refractivity contribution in [3.05, 3.63) is 65.0 Å². The number of hydrogen-bond donors (Lipinski definition) is 2. The molecule has 0 saturated carbocycles. The van der Waals surface area contributed by atoms with Crippen molar-refractivity contribution in [1.29, 1.82) is 0 Å². The number of anilines is 2. The summed E-state index contributed by atoms with van der Waals surface area (Å²) in [7, 11) is 0. The fourth-order valence-electron chi connectivity index (χ4n) is 2.42. The van der Waals surface area contributed by atoms with Crippen molar-refractivity contribution in [3.63, 3.8) is 0 Å². The highest BCUT2D eigenvalue weighted by molar-refractivity contribution is 6.12. The maximum atomic E-state index is 13.5. The number of hydrogen-bond acceptors (Lipinski definition) is 3. The molecule has 0 radical (unpaired) electrons. The van der Waals surface area contributed by atoms with E-state index in [0.717, 1.165) is 11.1 Å². The topological polar surface area (TPSA) is 69.1 Å². The Hall–Kier alpha value is -2.62. The van der Waals surface area contributed by atoms with E-state index in [4.69, 9.17) is 11.5 Å². The molecule has 0 amide bonds.